The molecule has 1 unspecified atom stereocenters. The lowest BCUT2D eigenvalue weighted by molar-refractivity contribution is -0.270. The Bertz CT molecular complexity index is 354. The van der Waals surface area contributed by atoms with Crippen molar-refractivity contribution in [2.24, 2.45) is 0 Å². The predicted molar refractivity (Wildman–Crippen MR) is 48.7 cm³/mol. The van der Waals surface area contributed by atoms with Crippen molar-refractivity contribution < 1.29 is 32.6 Å². The number of nitrogens with zero attached hydrogens (tertiary/aromatic N) is 2. The summed E-state index contributed by atoms with van der Waals surface area (Å²) in [6, 6.07) is 0. The molecule has 1 aromatic rings. The molecular weight excluding hydrogens is 266 g/mol. The highest BCUT2D eigenvalue weighted by Crippen LogP contribution is 2.39. The Morgan fingerprint density at radius 1 is 1.47 bits per heavy atom. The van der Waals surface area contributed by atoms with E-state index in [9.17, 15) is 18.3 Å². The van der Waals surface area contributed by atoms with Crippen LogP contribution in [0.5, 0.6) is 0 Å². The van der Waals surface area contributed by atoms with Gasteiger partial charge in [-0.15, -0.1) is 9.79 Å². The molecule has 98 valence electrons. The van der Waals surface area contributed by atoms with E-state index in [1.807, 2.05) is 5.10 Å². The Hall–Kier alpha value is -1.09. The Morgan fingerprint density at radius 3 is 2.18 bits per heavy atom. The predicted octanol–water partition coefficient (Wildman–Crippen LogP) is 0.593. The third kappa shape index (κ3) is 4.35. The van der Waals surface area contributed by atoms with Crippen LogP contribution < -0.4 is 0 Å². The third-order valence-electron chi connectivity index (χ3n) is 1.79. The molecule has 1 atom stereocenters. The first-order valence-electron chi connectivity index (χ1n) is 4.15. The number of alkyl halides is 3. The van der Waals surface area contributed by atoms with Gasteiger partial charge in [-0.2, -0.15) is 18.3 Å². The number of aromatic nitrogens is 3. The second kappa shape index (κ2) is 6.01. The van der Waals surface area contributed by atoms with E-state index in [0.717, 1.165) is 6.33 Å². The van der Waals surface area contributed by atoms with Crippen molar-refractivity contribution in [2.45, 2.75) is 25.1 Å². The molecule has 0 aliphatic carbocycles. The molecule has 1 rings (SSSR count). The quantitative estimate of drug-likeness (QED) is 0.587. The van der Waals surface area contributed by atoms with Crippen LogP contribution in [0.1, 0.15) is 19.2 Å². The van der Waals surface area contributed by atoms with Gasteiger partial charge in [-0.3, -0.25) is 5.10 Å². The normalized spacial score (nSPS) is 14.5. The molecule has 11 heteroatoms. The second-order valence-electron chi connectivity index (χ2n) is 2.80. The van der Waals surface area contributed by atoms with Crippen molar-refractivity contribution >= 4 is 8.25 Å². The molecule has 0 aliphatic rings. The molecule has 0 spiro atoms. The summed E-state index contributed by atoms with van der Waals surface area (Å²) in [5.74, 6) is -0.581. The van der Waals surface area contributed by atoms with E-state index in [2.05, 4.69) is 10.1 Å². The Morgan fingerprint density at radius 2 is 1.94 bits per heavy atom. The molecule has 1 heterocycles. The van der Waals surface area contributed by atoms with Gasteiger partial charge < -0.3 is 5.11 Å². The summed E-state index contributed by atoms with van der Waals surface area (Å²) in [6.45, 7) is 1.22. The molecule has 17 heavy (non-hydrogen) atoms. The van der Waals surface area contributed by atoms with E-state index in [1.54, 1.807) is 0 Å². The molecule has 0 saturated heterocycles. The lowest BCUT2D eigenvalue weighted by Crippen LogP contribution is -2.42. The fourth-order valence-corrected chi connectivity index (χ4v) is 0.907. The smallest absolute Gasteiger partial charge is 0.374 e. The lowest BCUT2D eigenvalue weighted by Gasteiger charge is -2.26. The lowest BCUT2D eigenvalue weighted by atomic mass is 9.99. The standard InChI is InChI=1S/C6H8F3N3O.HO3P/c1-2-5(13,6(7,8)9)4-10-3-11-12-4;1-4(2)3/h3,13H,2H2,1H3,(H,10,11,12);(H-,1,2,3)/p+1. The molecule has 0 fully saturated rings. The van der Waals surface area contributed by atoms with Crippen molar-refractivity contribution in [2.75, 3.05) is 0 Å². The molecule has 0 radical (unpaired) electrons. The largest absolute Gasteiger partial charge is 0.692 e. The van der Waals surface area contributed by atoms with E-state index < -0.39 is 32.3 Å². The molecule has 7 nitrogen and oxygen atoms in total. The molecule has 0 aromatic carbocycles. The first-order chi connectivity index (χ1) is 7.65. The second-order valence-corrected chi connectivity index (χ2v) is 3.30. The monoisotopic (exact) mass is 276 g/mol. The number of halogens is 3. The van der Waals surface area contributed by atoms with E-state index >= 15 is 0 Å². The number of hydrogen-bond donors (Lipinski definition) is 4. The fourth-order valence-electron chi connectivity index (χ4n) is 0.907. The summed E-state index contributed by atoms with van der Waals surface area (Å²) < 4.78 is 45.7. The number of aliphatic hydroxyl groups is 1. The summed E-state index contributed by atoms with van der Waals surface area (Å²) in [6.07, 6.45) is -4.34. The molecule has 4 N–H and O–H groups in total. The minimum atomic E-state index is -4.75. The maximum absolute atomic E-state index is 12.3. The summed E-state index contributed by atoms with van der Waals surface area (Å²) in [5.41, 5.74) is -2.93. The number of hydrogen-bond acceptors (Lipinski definition) is 4. The minimum Gasteiger partial charge on any atom is -0.374 e. The summed E-state index contributed by atoms with van der Waals surface area (Å²) in [5, 5.41) is 14.5. The SMILES string of the molecule is CCC(O)(c1ncn[nH]1)C(F)(F)F.O=[P+](O)O. The van der Waals surface area contributed by atoms with Gasteiger partial charge in [0.15, 0.2) is 5.82 Å². The molecule has 1 aromatic heterocycles. The topological polar surface area (TPSA) is 119 Å². The van der Waals surface area contributed by atoms with Crippen molar-refractivity contribution in [3.8, 4) is 0 Å². The van der Waals surface area contributed by atoms with E-state index in [1.165, 1.54) is 6.92 Å². The van der Waals surface area contributed by atoms with Crippen molar-refractivity contribution in [1.29, 1.82) is 0 Å². The van der Waals surface area contributed by atoms with Crippen LogP contribution in [0.25, 0.3) is 0 Å². The Labute approximate surface area is 94.3 Å². The molecule has 0 bridgehead atoms. The van der Waals surface area contributed by atoms with E-state index in [-0.39, 0.29) is 0 Å². The van der Waals surface area contributed by atoms with Gasteiger partial charge in [0, 0.05) is 4.57 Å². The van der Waals surface area contributed by atoms with Crippen LogP contribution in [0.4, 0.5) is 13.2 Å². The van der Waals surface area contributed by atoms with Crippen LogP contribution >= 0.6 is 8.25 Å². The fraction of sp³-hybridized carbons (Fsp3) is 0.667. The van der Waals surface area contributed by atoms with Crippen molar-refractivity contribution in [3.05, 3.63) is 12.2 Å². The number of nitrogens with one attached hydrogen (secondary N) is 1. The van der Waals surface area contributed by atoms with Gasteiger partial charge in [0.2, 0.25) is 5.60 Å². The average Bonchev–Trinajstić information content (AvgIpc) is 2.66. The first kappa shape index (κ1) is 15.9. The van der Waals surface area contributed by atoms with Gasteiger partial charge in [0.05, 0.1) is 0 Å². The Kier molecular flexibility index (Phi) is 5.62. The first-order valence-corrected chi connectivity index (χ1v) is 5.31. The van der Waals surface area contributed by atoms with Crippen LogP contribution in [0.15, 0.2) is 6.33 Å². The zero-order valence-electron chi connectivity index (χ0n) is 8.51. The Balaban J connectivity index is 0.000000557. The third-order valence-corrected chi connectivity index (χ3v) is 1.79. The van der Waals surface area contributed by atoms with Gasteiger partial charge in [-0.1, -0.05) is 6.92 Å². The van der Waals surface area contributed by atoms with Crippen LogP contribution in [-0.2, 0) is 10.2 Å². The van der Waals surface area contributed by atoms with Gasteiger partial charge >= 0.3 is 14.4 Å². The van der Waals surface area contributed by atoms with E-state index in [0.29, 0.717) is 0 Å². The maximum atomic E-state index is 12.3. The highest BCUT2D eigenvalue weighted by atomic mass is 31.1. The summed E-state index contributed by atoms with van der Waals surface area (Å²) in [7, 11) is -2.87. The molecule has 0 amide bonds. The van der Waals surface area contributed by atoms with Gasteiger partial charge in [0.25, 0.3) is 0 Å². The van der Waals surface area contributed by atoms with Crippen LogP contribution in [0.3, 0.4) is 0 Å². The molecular formula is C6H10F3N3O4P+. The highest BCUT2D eigenvalue weighted by molar-refractivity contribution is 7.30. The average molecular weight is 276 g/mol. The molecule has 0 saturated carbocycles. The molecule has 0 aliphatic heterocycles. The zero-order chi connectivity index (χ0) is 13.7. The highest BCUT2D eigenvalue weighted by Gasteiger charge is 2.55. The minimum absolute atomic E-state index is 0.508. The number of H-pyrrole nitrogens is 1. The van der Waals surface area contributed by atoms with Crippen molar-refractivity contribution in [1.82, 2.24) is 15.2 Å². The van der Waals surface area contributed by atoms with Crippen LogP contribution in [0, 0.1) is 0 Å². The maximum Gasteiger partial charge on any atom is 0.692 e. The summed E-state index contributed by atoms with van der Waals surface area (Å²) >= 11 is 0. The summed E-state index contributed by atoms with van der Waals surface area (Å²) in [4.78, 5) is 17.5. The van der Waals surface area contributed by atoms with Gasteiger partial charge in [-0.05, 0) is 6.42 Å². The zero-order valence-corrected chi connectivity index (χ0v) is 9.40. The van der Waals surface area contributed by atoms with Crippen LogP contribution in [0.2, 0.25) is 0 Å². The van der Waals surface area contributed by atoms with Crippen LogP contribution in [-0.4, -0.2) is 36.3 Å². The number of aromatic amines is 1. The van der Waals surface area contributed by atoms with Gasteiger partial charge in [-0.25, -0.2) is 4.98 Å². The van der Waals surface area contributed by atoms with E-state index in [4.69, 9.17) is 14.4 Å². The number of rotatable bonds is 2. The van der Waals surface area contributed by atoms with Crippen molar-refractivity contribution in [3.63, 3.8) is 0 Å². The van der Waals surface area contributed by atoms with Gasteiger partial charge in [0.1, 0.15) is 6.33 Å².